The van der Waals surface area contributed by atoms with Gasteiger partial charge in [0.15, 0.2) is 17.3 Å². The van der Waals surface area contributed by atoms with Gasteiger partial charge >= 0.3 is 0 Å². The number of para-hydroxylation sites is 2. The van der Waals surface area contributed by atoms with E-state index in [1.807, 2.05) is 36.4 Å². The number of hydrogen-bond donors (Lipinski definition) is 0. The highest BCUT2D eigenvalue weighted by atomic mass is 15.2. The molecular formula is C60H46N6. The molecule has 12 rings (SSSR count). The van der Waals surface area contributed by atoms with Crippen LogP contribution in [0.15, 0.2) is 182 Å². The molecule has 0 N–H and O–H groups in total. The van der Waals surface area contributed by atoms with Crippen LogP contribution in [0.25, 0.3) is 105 Å². The Morgan fingerprint density at radius 2 is 1.00 bits per heavy atom. The SMILES string of the molecule is [C-]#[N+]c1ccc(-c2nc(-c3cc(-c4ccccc4)cc(-c4ccccc4)c3)nc(-n3c4ccccc4c4ccc5c(c6cc7c(cc6n5-c5ccccc5)C(C)(C)CCC7(C)C)c43)n2)cc1. The summed E-state index contributed by atoms with van der Waals surface area (Å²) in [6.45, 7) is 17.3. The summed E-state index contributed by atoms with van der Waals surface area (Å²) in [5, 5.41) is 4.62. The predicted molar refractivity (Wildman–Crippen MR) is 272 cm³/mol. The highest BCUT2D eigenvalue weighted by molar-refractivity contribution is 6.26. The highest BCUT2D eigenvalue weighted by Crippen LogP contribution is 2.50. The first kappa shape index (κ1) is 39.5. The largest absolute Gasteiger partial charge is 0.309 e. The summed E-state index contributed by atoms with van der Waals surface area (Å²) in [6, 6.07) is 64.1. The maximum atomic E-state index is 7.68. The van der Waals surface area contributed by atoms with Gasteiger partial charge in [-0.1, -0.05) is 155 Å². The van der Waals surface area contributed by atoms with Gasteiger partial charge < -0.3 is 4.57 Å². The molecule has 316 valence electrons. The monoisotopic (exact) mass is 850 g/mol. The van der Waals surface area contributed by atoms with Crippen molar-refractivity contribution in [3.63, 3.8) is 0 Å². The highest BCUT2D eigenvalue weighted by Gasteiger charge is 2.38. The average Bonchev–Trinajstić information content (AvgIpc) is 3.88. The Balaban J connectivity index is 1.21. The van der Waals surface area contributed by atoms with Crippen LogP contribution in [0.5, 0.6) is 0 Å². The molecule has 0 saturated heterocycles. The van der Waals surface area contributed by atoms with Gasteiger partial charge in [0, 0.05) is 38.4 Å². The Morgan fingerprint density at radius 3 is 1.64 bits per heavy atom. The molecule has 1 aliphatic carbocycles. The van der Waals surface area contributed by atoms with Crippen molar-refractivity contribution in [3.05, 3.63) is 205 Å². The van der Waals surface area contributed by atoms with Crippen LogP contribution >= 0.6 is 0 Å². The van der Waals surface area contributed by atoms with Crippen LogP contribution in [0.1, 0.15) is 51.7 Å². The summed E-state index contributed by atoms with van der Waals surface area (Å²) in [4.78, 5) is 19.9. The first-order valence-electron chi connectivity index (χ1n) is 22.8. The molecule has 8 aromatic carbocycles. The lowest BCUT2D eigenvalue weighted by molar-refractivity contribution is 0.332. The van der Waals surface area contributed by atoms with Gasteiger partial charge in [-0.15, -0.1) is 0 Å². The van der Waals surface area contributed by atoms with Gasteiger partial charge in [-0.05, 0) is 112 Å². The van der Waals surface area contributed by atoms with Crippen LogP contribution in [0.4, 0.5) is 5.69 Å². The first-order valence-corrected chi connectivity index (χ1v) is 22.8. The Morgan fingerprint density at radius 1 is 0.439 bits per heavy atom. The van der Waals surface area contributed by atoms with Gasteiger partial charge in [0.2, 0.25) is 5.95 Å². The lowest BCUT2D eigenvalue weighted by atomic mass is 9.63. The Bertz CT molecular complexity index is 3680. The van der Waals surface area contributed by atoms with Gasteiger partial charge in [0.05, 0.1) is 28.6 Å². The fourth-order valence-electron chi connectivity index (χ4n) is 10.4. The number of hydrogen-bond acceptors (Lipinski definition) is 3. The summed E-state index contributed by atoms with van der Waals surface area (Å²) in [5.41, 5.74) is 15.0. The lowest BCUT2D eigenvalue weighted by Crippen LogP contribution is -2.33. The molecule has 0 radical (unpaired) electrons. The van der Waals surface area contributed by atoms with Crippen molar-refractivity contribution >= 4 is 49.3 Å². The zero-order chi connectivity index (χ0) is 44.7. The third-order valence-corrected chi connectivity index (χ3v) is 14.0. The summed E-state index contributed by atoms with van der Waals surface area (Å²) < 4.78 is 4.73. The molecule has 66 heavy (non-hydrogen) atoms. The second kappa shape index (κ2) is 15.0. The van der Waals surface area contributed by atoms with Crippen molar-refractivity contribution in [1.29, 1.82) is 0 Å². The normalized spacial score (nSPS) is 14.2. The molecule has 0 fully saturated rings. The van der Waals surface area contributed by atoms with E-state index in [1.54, 1.807) is 0 Å². The summed E-state index contributed by atoms with van der Waals surface area (Å²) in [6.07, 6.45) is 2.25. The van der Waals surface area contributed by atoms with Crippen molar-refractivity contribution in [2.45, 2.75) is 51.4 Å². The van der Waals surface area contributed by atoms with Crippen molar-refractivity contribution in [1.82, 2.24) is 24.1 Å². The van der Waals surface area contributed by atoms with Gasteiger partial charge in [-0.3, -0.25) is 4.57 Å². The zero-order valence-corrected chi connectivity index (χ0v) is 37.4. The van der Waals surface area contributed by atoms with Crippen molar-refractivity contribution < 1.29 is 0 Å². The van der Waals surface area contributed by atoms with Crippen LogP contribution in [0.2, 0.25) is 0 Å². The minimum Gasteiger partial charge on any atom is -0.309 e. The third-order valence-electron chi connectivity index (χ3n) is 14.0. The fourth-order valence-corrected chi connectivity index (χ4v) is 10.4. The van der Waals surface area contributed by atoms with E-state index in [9.17, 15) is 0 Å². The Kier molecular flexibility index (Phi) is 8.95. The number of aromatic nitrogens is 5. The molecular weight excluding hydrogens is 805 g/mol. The number of nitrogens with zero attached hydrogens (tertiary/aromatic N) is 6. The predicted octanol–water partition coefficient (Wildman–Crippen LogP) is 15.6. The van der Waals surface area contributed by atoms with Crippen molar-refractivity contribution in [2.24, 2.45) is 0 Å². The average molecular weight is 851 g/mol. The second-order valence-corrected chi connectivity index (χ2v) is 19.0. The van der Waals surface area contributed by atoms with E-state index in [0.29, 0.717) is 23.3 Å². The summed E-state index contributed by atoms with van der Waals surface area (Å²) in [5.74, 6) is 1.61. The van der Waals surface area contributed by atoms with Crippen LogP contribution in [-0.4, -0.2) is 24.1 Å². The maximum absolute atomic E-state index is 7.68. The zero-order valence-electron chi connectivity index (χ0n) is 37.4. The van der Waals surface area contributed by atoms with Gasteiger partial charge in [-0.2, -0.15) is 9.97 Å². The number of fused-ring (bicyclic) bond motifs is 8. The summed E-state index contributed by atoms with van der Waals surface area (Å²) >= 11 is 0. The standard InChI is InChI=1S/C60H46N6/c1-59(2)31-32-60(3,4)50-37-53-48(36-49(50)59)54-52(65(53)45-21-13-8-14-22-45)30-29-47-46-23-15-16-24-51(46)66(55(47)54)58-63-56(40-25-27-44(61-5)28-26-40)62-57(64-58)43-34-41(38-17-9-6-10-18-38)33-42(35-43)39-19-11-7-12-20-39/h6-30,33-37H,31-32H2,1-4H3. The van der Waals surface area contributed by atoms with Crippen molar-refractivity contribution in [3.8, 4) is 56.7 Å². The molecule has 11 aromatic rings. The maximum Gasteiger partial charge on any atom is 0.238 e. The molecule has 6 heteroatoms. The molecule has 0 amide bonds. The molecule has 0 spiro atoms. The molecule has 0 aliphatic heterocycles. The van der Waals surface area contributed by atoms with Crippen LogP contribution in [0.3, 0.4) is 0 Å². The van der Waals surface area contributed by atoms with Crippen molar-refractivity contribution in [2.75, 3.05) is 0 Å². The van der Waals surface area contributed by atoms with Gasteiger partial charge in [-0.25, -0.2) is 9.83 Å². The van der Waals surface area contributed by atoms with Crippen LogP contribution in [0, 0.1) is 6.57 Å². The molecule has 3 heterocycles. The lowest BCUT2D eigenvalue weighted by Gasteiger charge is -2.42. The first-order chi connectivity index (χ1) is 32.1. The third kappa shape index (κ3) is 6.34. The number of rotatable bonds is 6. The molecule has 3 aromatic heterocycles. The number of benzene rings is 8. The van der Waals surface area contributed by atoms with E-state index in [0.717, 1.165) is 84.6 Å². The van der Waals surface area contributed by atoms with E-state index in [-0.39, 0.29) is 10.8 Å². The molecule has 0 unspecified atom stereocenters. The summed E-state index contributed by atoms with van der Waals surface area (Å²) in [7, 11) is 0. The minimum atomic E-state index is 0.00845. The minimum absolute atomic E-state index is 0.00845. The van der Waals surface area contributed by atoms with E-state index < -0.39 is 0 Å². The topological polar surface area (TPSA) is 52.9 Å². The molecule has 1 aliphatic rings. The fraction of sp³-hybridized carbons (Fsp3) is 0.133. The molecule has 6 nitrogen and oxygen atoms in total. The molecule has 0 atom stereocenters. The van der Waals surface area contributed by atoms with Gasteiger partial charge in [0.1, 0.15) is 0 Å². The Labute approximate surface area is 384 Å². The van der Waals surface area contributed by atoms with E-state index >= 15 is 0 Å². The molecule has 0 bridgehead atoms. The smallest absolute Gasteiger partial charge is 0.238 e. The van der Waals surface area contributed by atoms with E-state index in [2.05, 4.69) is 187 Å². The van der Waals surface area contributed by atoms with E-state index in [4.69, 9.17) is 21.5 Å². The van der Waals surface area contributed by atoms with Crippen LogP contribution in [-0.2, 0) is 10.8 Å². The second-order valence-electron chi connectivity index (χ2n) is 19.0. The Hall–Kier alpha value is -8.14. The molecule has 0 saturated carbocycles. The quantitative estimate of drug-likeness (QED) is 0.157. The van der Waals surface area contributed by atoms with Gasteiger partial charge in [0.25, 0.3) is 0 Å². The van der Waals surface area contributed by atoms with Crippen LogP contribution < -0.4 is 0 Å². The van der Waals surface area contributed by atoms with E-state index in [1.165, 1.54) is 22.0 Å².